The van der Waals surface area contributed by atoms with Gasteiger partial charge in [0, 0.05) is 8.96 Å². The molecular formula is C10H5ClINO2. The highest BCUT2D eigenvalue weighted by atomic mass is 127. The maximum absolute atomic E-state index is 10.7. The Morgan fingerprint density at radius 3 is 2.80 bits per heavy atom. The molecule has 15 heavy (non-hydrogen) atoms. The fraction of sp³-hybridized carbons (Fsp3) is 0. The number of aromatic carboxylic acids is 1. The number of aromatic nitrogens is 1. The minimum Gasteiger partial charge on any atom is -0.477 e. The van der Waals surface area contributed by atoms with Crippen LogP contribution < -0.4 is 0 Å². The lowest BCUT2D eigenvalue weighted by molar-refractivity contribution is 0.0691. The first-order valence-corrected chi connectivity index (χ1v) is 5.53. The molecule has 0 saturated carbocycles. The van der Waals surface area contributed by atoms with Crippen LogP contribution in [-0.2, 0) is 0 Å². The van der Waals surface area contributed by atoms with Gasteiger partial charge in [0.2, 0.25) is 0 Å². The molecule has 1 aromatic heterocycles. The summed E-state index contributed by atoms with van der Waals surface area (Å²) in [5, 5.41) is 10.1. The number of pyridine rings is 1. The Bertz CT molecular complexity index is 556. The van der Waals surface area contributed by atoms with Gasteiger partial charge in [-0.2, -0.15) is 0 Å². The Morgan fingerprint density at radius 1 is 1.40 bits per heavy atom. The van der Waals surface area contributed by atoms with E-state index in [1.165, 1.54) is 6.07 Å². The highest BCUT2D eigenvalue weighted by Crippen LogP contribution is 2.25. The van der Waals surface area contributed by atoms with Crippen molar-refractivity contribution >= 4 is 51.1 Å². The average molecular weight is 334 g/mol. The Morgan fingerprint density at radius 2 is 2.13 bits per heavy atom. The lowest BCUT2D eigenvalue weighted by atomic mass is 10.2. The van der Waals surface area contributed by atoms with Gasteiger partial charge in [-0.25, -0.2) is 9.78 Å². The molecule has 0 unspecified atom stereocenters. The maximum Gasteiger partial charge on any atom is 0.354 e. The van der Waals surface area contributed by atoms with E-state index in [9.17, 15) is 4.79 Å². The first kappa shape index (κ1) is 10.6. The molecule has 0 fully saturated rings. The van der Waals surface area contributed by atoms with Crippen molar-refractivity contribution in [1.29, 1.82) is 0 Å². The summed E-state index contributed by atoms with van der Waals surface area (Å²) in [4.78, 5) is 14.7. The van der Waals surface area contributed by atoms with E-state index in [2.05, 4.69) is 27.6 Å². The number of halogens is 2. The minimum atomic E-state index is -1.04. The Balaban J connectivity index is 2.76. The van der Waals surface area contributed by atoms with Crippen LogP contribution in [0, 0.1) is 3.57 Å². The molecule has 0 aliphatic rings. The second-order valence-electron chi connectivity index (χ2n) is 2.96. The van der Waals surface area contributed by atoms with Gasteiger partial charge in [-0.15, -0.1) is 0 Å². The van der Waals surface area contributed by atoms with E-state index in [4.69, 9.17) is 16.7 Å². The van der Waals surface area contributed by atoms with Crippen molar-refractivity contribution in [3.05, 3.63) is 38.6 Å². The second kappa shape index (κ2) is 3.94. The predicted octanol–water partition coefficient (Wildman–Crippen LogP) is 3.19. The van der Waals surface area contributed by atoms with Crippen LogP contribution in [0.15, 0.2) is 24.3 Å². The Labute approximate surface area is 104 Å². The van der Waals surface area contributed by atoms with E-state index < -0.39 is 5.97 Å². The van der Waals surface area contributed by atoms with Gasteiger partial charge >= 0.3 is 5.97 Å². The fourth-order valence-corrected chi connectivity index (χ4v) is 2.34. The molecule has 3 nitrogen and oxygen atoms in total. The zero-order valence-electron chi connectivity index (χ0n) is 7.37. The van der Waals surface area contributed by atoms with Gasteiger partial charge in [0.15, 0.2) is 0 Å². The average Bonchev–Trinajstić information content (AvgIpc) is 2.16. The number of hydrogen-bond acceptors (Lipinski definition) is 2. The van der Waals surface area contributed by atoms with Crippen LogP contribution in [0.5, 0.6) is 0 Å². The van der Waals surface area contributed by atoms with Crippen LogP contribution in [0.4, 0.5) is 0 Å². The van der Waals surface area contributed by atoms with E-state index in [-0.39, 0.29) is 5.69 Å². The normalized spacial score (nSPS) is 10.5. The molecule has 0 aliphatic carbocycles. The lowest BCUT2D eigenvalue weighted by Crippen LogP contribution is -1.99. The molecule has 0 aliphatic heterocycles. The monoisotopic (exact) mass is 333 g/mol. The predicted molar refractivity (Wildman–Crippen MR) is 66.4 cm³/mol. The summed E-state index contributed by atoms with van der Waals surface area (Å²) < 4.78 is 0.931. The van der Waals surface area contributed by atoms with Crippen molar-refractivity contribution in [3.8, 4) is 0 Å². The van der Waals surface area contributed by atoms with Crippen LogP contribution >= 0.6 is 34.2 Å². The van der Waals surface area contributed by atoms with Crippen LogP contribution in [0.3, 0.4) is 0 Å². The number of fused-ring (bicyclic) bond motifs is 1. The van der Waals surface area contributed by atoms with Crippen LogP contribution in [-0.4, -0.2) is 16.1 Å². The van der Waals surface area contributed by atoms with Gasteiger partial charge in [0.1, 0.15) is 5.69 Å². The number of benzene rings is 1. The first-order valence-electron chi connectivity index (χ1n) is 4.07. The quantitative estimate of drug-likeness (QED) is 0.816. The minimum absolute atomic E-state index is 0.0283. The Kier molecular flexibility index (Phi) is 2.79. The van der Waals surface area contributed by atoms with Gasteiger partial charge in [-0.1, -0.05) is 11.6 Å². The van der Waals surface area contributed by atoms with Gasteiger partial charge in [0.05, 0.1) is 10.5 Å². The van der Waals surface area contributed by atoms with E-state index in [1.807, 2.05) is 6.07 Å². The van der Waals surface area contributed by atoms with E-state index >= 15 is 0 Å². The van der Waals surface area contributed by atoms with E-state index in [0.29, 0.717) is 10.5 Å². The fourth-order valence-electron chi connectivity index (χ4n) is 1.28. The maximum atomic E-state index is 10.7. The molecular weight excluding hydrogens is 328 g/mol. The number of carboxylic acids is 1. The molecule has 0 bridgehead atoms. The third-order valence-corrected chi connectivity index (χ3v) is 2.88. The molecule has 0 radical (unpaired) electrons. The zero-order chi connectivity index (χ0) is 11.0. The first-order chi connectivity index (χ1) is 7.08. The zero-order valence-corrected chi connectivity index (χ0v) is 10.3. The summed E-state index contributed by atoms with van der Waals surface area (Å²) in [5.41, 5.74) is 0.632. The van der Waals surface area contributed by atoms with Gasteiger partial charge < -0.3 is 5.11 Å². The number of hydrogen-bond donors (Lipinski definition) is 1. The standard InChI is InChI=1S/C10H5ClINO2/c11-7-3-5(12)4-9-6(7)1-2-8(13-9)10(14)15/h1-4H,(H,14,15). The van der Waals surface area contributed by atoms with E-state index in [0.717, 1.165) is 8.96 Å². The molecule has 0 saturated heterocycles. The van der Waals surface area contributed by atoms with Crippen LogP contribution in [0.1, 0.15) is 10.5 Å². The smallest absolute Gasteiger partial charge is 0.354 e. The van der Waals surface area contributed by atoms with Gasteiger partial charge in [0.25, 0.3) is 0 Å². The van der Waals surface area contributed by atoms with Gasteiger partial charge in [-0.05, 0) is 46.9 Å². The van der Waals surface area contributed by atoms with Crippen molar-refractivity contribution in [3.63, 3.8) is 0 Å². The summed E-state index contributed by atoms with van der Waals surface area (Å²) >= 11 is 8.11. The molecule has 0 spiro atoms. The topological polar surface area (TPSA) is 50.2 Å². The van der Waals surface area contributed by atoms with Gasteiger partial charge in [-0.3, -0.25) is 0 Å². The number of nitrogens with zero attached hydrogens (tertiary/aromatic N) is 1. The third-order valence-electron chi connectivity index (χ3n) is 1.94. The summed E-state index contributed by atoms with van der Waals surface area (Å²) in [6.07, 6.45) is 0. The highest BCUT2D eigenvalue weighted by molar-refractivity contribution is 14.1. The molecule has 0 atom stereocenters. The van der Waals surface area contributed by atoms with Crippen LogP contribution in [0.25, 0.3) is 10.9 Å². The number of carbonyl (C=O) groups is 1. The molecule has 5 heteroatoms. The van der Waals surface area contributed by atoms with Crippen molar-refractivity contribution in [1.82, 2.24) is 4.98 Å². The second-order valence-corrected chi connectivity index (χ2v) is 4.61. The molecule has 0 amide bonds. The van der Waals surface area contributed by atoms with Crippen molar-refractivity contribution < 1.29 is 9.90 Å². The number of rotatable bonds is 1. The van der Waals surface area contributed by atoms with E-state index in [1.54, 1.807) is 12.1 Å². The molecule has 1 heterocycles. The van der Waals surface area contributed by atoms with Crippen LogP contribution in [0.2, 0.25) is 5.02 Å². The van der Waals surface area contributed by atoms with Crippen molar-refractivity contribution in [2.45, 2.75) is 0 Å². The summed E-state index contributed by atoms with van der Waals surface area (Å²) in [6.45, 7) is 0. The Hall–Kier alpha value is -0.880. The molecule has 1 aromatic carbocycles. The summed E-state index contributed by atoms with van der Waals surface area (Å²) in [5.74, 6) is -1.04. The molecule has 1 N–H and O–H groups in total. The number of carboxylic acid groups (broad SMARTS) is 1. The largest absolute Gasteiger partial charge is 0.477 e. The summed E-state index contributed by atoms with van der Waals surface area (Å²) in [6, 6.07) is 6.73. The SMILES string of the molecule is O=C(O)c1ccc2c(Cl)cc(I)cc2n1. The lowest BCUT2D eigenvalue weighted by Gasteiger charge is -2.02. The van der Waals surface area contributed by atoms with Crippen molar-refractivity contribution in [2.75, 3.05) is 0 Å². The molecule has 2 rings (SSSR count). The van der Waals surface area contributed by atoms with Crippen molar-refractivity contribution in [2.24, 2.45) is 0 Å². The molecule has 76 valence electrons. The summed E-state index contributed by atoms with van der Waals surface area (Å²) in [7, 11) is 0. The highest BCUT2D eigenvalue weighted by Gasteiger charge is 2.07. The molecule has 2 aromatic rings. The third kappa shape index (κ3) is 2.05.